The van der Waals surface area contributed by atoms with Crippen molar-refractivity contribution < 1.29 is 13.2 Å². The van der Waals surface area contributed by atoms with Gasteiger partial charge in [-0.2, -0.15) is 0 Å². The molecule has 0 fully saturated rings. The van der Waals surface area contributed by atoms with Crippen molar-refractivity contribution in [2.45, 2.75) is 37.6 Å². The number of benzene rings is 1. The molecule has 0 aliphatic carbocycles. The Kier molecular flexibility index (Phi) is 5.38. The third kappa shape index (κ3) is 4.21. The van der Waals surface area contributed by atoms with E-state index in [1.807, 2.05) is 13.8 Å². The van der Waals surface area contributed by atoms with E-state index >= 15 is 0 Å². The molecule has 0 unspecified atom stereocenters. The van der Waals surface area contributed by atoms with Crippen molar-refractivity contribution in [3.05, 3.63) is 28.8 Å². The van der Waals surface area contributed by atoms with Crippen LogP contribution in [-0.2, 0) is 9.84 Å². The number of amides is 1. The van der Waals surface area contributed by atoms with Crippen molar-refractivity contribution >= 4 is 27.3 Å². The first-order valence-electron chi connectivity index (χ1n) is 6.10. The summed E-state index contributed by atoms with van der Waals surface area (Å²) in [5.74, 6) is -0.282. The summed E-state index contributed by atoms with van der Waals surface area (Å²) in [6.07, 6.45) is 2.72. The van der Waals surface area contributed by atoms with Crippen LogP contribution in [0.4, 0.5) is 0 Å². The fraction of sp³-hybridized carbons (Fsp3) is 0.462. The maximum absolute atomic E-state index is 12.0. The quantitative estimate of drug-likeness (QED) is 0.909. The average molecular weight is 304 g/mol. The Morgan fingerprint density at radius 3 is 2.37 bits per heavy atom. The third-order valence-corrected chi connectivity index (χ3v) is 4.49. The van der Waals surface area contributed by atoms with Crippen LogP contribution in [0.5, 0.6) is 0 Å². The summed E-state index contributed by atoms with van der Waals surface area (Å²) in [4.78, 5) is 12.0. The standard InChI is InChI=1S/C13H18ClNO3S/c1-4-10(5-2)15-13(16)9-6-7-11(14)12(8-9)19(3,17)18/h6-8,10H,4-5H2,1-3H3,(H,15,16). The lowest BCUT2D eigenvalue weighted by Crippen LogP contribution is -2.33. The Balaban J connectivity index is 3.06. The Morgan fingerprint density at radius 1 is 1.32 bits per heavy atom. The lowest BCUT2D eigenvalue weighted by Gasteiger charge is -2.15. The van der Waals surface area contributed by atoms with Crippen molar-refractivity contribution in [3.8, 4) is 0 Å². The van der Waals surface area contributed by atoms with Crippen molar-refractivity contribution in [3.63, 3.8) is 0 Å². The molecule has 0 aromatic heterocycles. The molecular formula is C13H18ClNO3S. The average Bonchev–Trinajstić information content (AvgIpc) is 2.34. The summed E-state index contributed by atoms with van der Waals surface area (Å²) in [6.45, 7) is 3.97. The zero-order valence-corrected chi connectivity index (χ0v) is 12.8. The molecule has 0 aliphatic rings. The van der Waals surface area contributed by atoms with Gasteiger partial charge in [0.25, 0.3) is 5.91 Å². The molecule has 0 atom stereocenters. The van der Waals surface area contributed by atoms with Gasteiger partial charge in [0, 0.05) is 17.9 Å². The van der Waals surface area contributed by atoms with E-state index in [0.29, 0.717) is 5.56 Å². The summed E-state index contributed by atoms with van der Waals surface area (Å²) >= 11 is 5.83. The number of sulfone groups is 1. The maximum Gasteiger partial charge on any atom is 0.251 e. The van der Waals surface area contributed by atoms with Crippen LogP contribution in [0.3, 0.4) is 0 Å². The van der Waals surface area contributed by atoms with Gasteiger partial charge in [-0.3, -0.25) is 4.79 Å². The van der Waals surface area contributed by atoms with Gasteiger partial charge < -0.3 is 5.32 Å². The first-order chi connectivity index (χ1) is 8.79. The van der Waals surface area contributed by atoms with Crippen LogP contribution in [0.15, 0.2) is 23.1 Å². The summed E-state index contributed by atoms with van der Waals surface area (Å²) < 4.78 is 23.1. The molecule has 0 spiro atoms. The van der Waals surface area contributed by atoms with Crippen LogP contribution in [0.2, 0.25) is 5.02 Å². The molecule has 1 aromatic rings. The SMILES string of the molecule is CCC(CC)NC(=O)c1ccc(Cl)c(S(C)(=O)=O)c1. The number of carbonyl (C=O) groups excluding carboxylic acids is 1. The molecule has 0 saturated carbocycles. The van der Waals surface area contributed by atoms with Crippen molar-refractivity contribution in [1.82, 2.24) is 5.32 Å². The highest BCUT2D eigenvalue weighted by molar-refractivity contribution is 7.90. The monoisotopic (exact) mass is 303 g/mol. The van der Waals surface area contributed by atoms with Gasteiger partial charge in [-0.05, 0) is 31.0 Å². The molecule has 19 heavy (non-hydrogen) atoms. The number of halogens is 1. The van der Waals surface area contributed by atoms with Gasteiger partial charge in [0.05, 0.1) is 9.92 Å². The first-order valence-corrected chi connectivity index (χ1v) is 8.37. The summed E-state index contributed by atoms with van der Waals surface area (Å²) in [6, 6.07) is 4.36. The molecule has 0 aliphatic heterocycles. The molecule has 1 amide bonds. The second kappa shape index (κ2) is 6.39. The van der Waals surface area contributed by atoms with Gasteiger partial charge in [-0.25, -0.2) is 8.42 Å². The van der Waals surface area contributed by atoms with E-state index in [2.05, 4.69) is 5.32 Å². The summed E-state index contributed by atoms with van der Waals surface area (Å²) in [7, 11) is -3.44. The van der Waals surface area contributed by atoms with E-state index in [0.717, 1.165) is 19.1 Å². The van der Waals surface area contributed by atoms with Crippen molar-refractivity contribution in [1.29, 1.82) is 0 Å². The molecule has 0 bridgehead atoms. The molecular weight excluding hydrogens is 286 g/mol. The van der Waals surface area contributed by atoms with Crippen LogP contribution in [0, 0.1) is 0 Å². The Labute approximate surface area is 119 Å². The highest BCUT2D eigenvalue weighted by atomic mass is 35.5. The molecule has 0 radical (unpaired) electrons. The largest absolute Gasteiger partial charge is 0.349 e. The number of nitrogens with one attached hydrogen (secondary N) is 1. The predicted octanol–water partition coefficient (Wildman–Crippen LogP) is 2.66. The van der Waals surface area contributed by atoms with Crippen molar-refractivity contribution in [2.75, 3.05) is 6.26 Å². The fourth-order valence-corrected chi connectivity index (χ4v) is 2.99. The second-order valence-electron chi connectivity index (χ2n) is 4.40. The van der Waals surface area contributed by atoms with E-state index in [4.69, 9.17) is 11.6 Å². The Hall–Kier alpha value is -1.07. The Bertz CT molecular complexity index is 565. The van der Waals surface area contributed by atoms with Crippen molar-refractivity contribution in [2.24, 2.45) is 0 Å². The number of hydrogen-bond acceptors (Lipinski definition) is 3. The topological polar surface area (TPSA) is 63.2 Å². The lowest BCUT2D eigenvalue weighted by atomic mass is 10.1. The number of carbonyl (C=O) groups is 1. The van der Waals surface area contributed by atoms with Crippen LogP contribution >= 0.6 is 11.6 Å². The number of rotatable bonds is 5. The molecule has 0 saturated heterocycles. The zero-order valence-electron chi connectivity index (χ0n) is 11.2. The lowest BCUT2D eigenvalue weighted by molar-refractivity contribution is 0.0934. The fourth-order valence-electron chi connectivity index (χ4n) is 1.69. The zero-order chi connectivity index (χ0) is 14.6. The van der Waals surface area contributed by atoms with Gasteiger partial charge in [-0.1, -0.05) is 25.4 Å². The predicted molar refractivity (Wildman–Crippen MR) is 76.4 cm³/mol. The van der Waals surface area contributed by atoms with E-state index in [-0.39, 0.29) is 21.9 Å². The third-order valence-electron chi connectivity index (χ3n) is 2.91. The minimum Gasteiger partial charge on any atom is -0.349 e. The number of hydrogen-bond donors (Lipinski definition) is 1. The first kappa shape index (κ1) is 16.0. The summed E-state index contributed by atoms with van der Waals surface area (Å²) in [5.41, 5.74) is 0.303. The van der Waals surface area contributed by atoms with Gasteiger partial charge in [0.2, 0.25) is 0 Å². The van der Waals surface area contributed by atoms with E-state index in [1.54, 1.807) is 0 Å². The van der Waals surface area contributed by atoms with Gasteiger partial charge >= 0.3 is 0 Å². The minimum atomic E-state index is -3.44. The minimum absolute atomic E-state index is 0.0219. The van der Waals surface area contributed by atoms with E-state index < -0.39 is 9.84 Å². The van der Waals surface area contributed by atoms with Gasteiger partial charge in [0.1, 0.15) is 0 Å². The molecule has 6 heteroatoms. The van der Waals surface area contributed by atoms with Crippen LogP contribution in [0.25, 0.3) is 0 Å². The van der Waals surface area contributed by atoms with E-state index in [9.17, 15) is 13.2 Å². The molecule has 4 nitrogen and oxygen atoms in total. The van der Waals surface area contributed by atoms with Crippen LogP contribution < -0.4 is 5.32 Å². The molecule has 1 aromatic carbocycles. The Morgan fingerprint density at radius 2 is 1.89 bits per heavy atom. The highest BCUT2D eigenvalue weighted by Gasteiger charge is 2.17. The highest BCUT2D eigenvalue weighted by Crippen LogP contribution is 2.22. The molecule has 106 valence electrons. The van der Waals surface area contributed by atoms with Crippen LogP contribution in [-0.4, -0.2) is 26.6 Å². The smallest absolute Gasteiger partial charge is 0.251 e. The molecule has 1 rings (SSSR count). The molecule has 0 heterocycles. The van der Waals surface area contributed by atoms with Gasteiger partial charge in [0.15, 0.2) is 9.84 Å². The van der Waals surface area contributed by atoms with Gasteiger partial charge in [-0.15, -0.1) is 0 Å². The van der Waals surface area contributed by atoms with E-state index in [1.165, 1.54) is 18.2 Å². The molecule has 1 N–H and O–H groups in total. The second-order valence-corrected chi connectivity index (χ2v) is 6.80. The maximum atomic E-state index is 12.0. The normalized spacial score (nSPS) is 11.6. The van der Waals surface area contributed by atoms with Crippen LogP contribution in [0.1, 0.15) is 37.0 Å². The summed E-state index contributed by atoms with van der Waals surface area (Å²) in [5, 5.41) is 2.98.